The Bertz CT molecular complexity index is 826. The summed E-state index contributed by atoms with van der Waals surface area (Å²) in [6.07, 6.45) is 1.25. The average Bonchev–Trinajstić information content (AvgIpc) is 2.45. The average molecular weight is 282 g/mol. The van der Waals surface area contributed by atoms with Crippen LogP contribution in [-0.2, 0) is 9.53 Å². The molecule has 1 heterocycles. The molecule has 106 valence electrons. The number of rotatable bonds is 3. The molecule has 0 atom stereocenters. The van der Waals surface area contributed by atoms with Gasteiger partial charge in [-0.05, 0) is 43.5 Å². The smallest absolute Gasteiger partial charge is 0.348 e. The zero-order chi connectivity index (χ0) is 15.4. The molecule has 0 bridgehead atoms. The van der Waals surface area contributed by atoms with Crippen LogP contribution >= 0.6 is 0 Å². The summed E-state index contributed by atoms with van der Waals surface area (Å²) < 4.78 is 4.77. The number of aromatic amines is 1. The number of aromatic nitrogens is 1. The van der Waals surface area contributed by atoms with Gasteiger partial charge in [-0.1, -0.05) is 11.6 Å². The van der Waals surface area contributed by atoms with Gasteiger partial charge in [0.05, 0.1) is 6.61 Å². The summed E-state index contributed by atoms with van der Waals surface area (Å²) in [4.78, 5) is 26.3. The Labute approximate surface area is 121 Å². The standard InChI is InChI=1S/C16H14N2O3/c1-3-21-16(20)13(9-17)8-12-7-11-6-10(2)4-5-14(11)18-15(12)19/h4-8H,3H2,1-2H3,(H,18,19)/b13-8+. The molecule has 0 spiro atoms. The second kappa shape index (κ2) is 6.06. The molecule has 2 aromatic rings. The maximum atomic E-state index is 12.0. The molecule has 2 rings (SSSR count). The first kappa shape index (κ1) is 14.5. The molecular weight excluding hydrogens is 268 g/mol. The Kier molecular flexibility index (Phi) is 4.19. The number of nitrogens with zero attached hydrogens (tertiary/aromatic N) is 1. The lowest BCUT2D eigenvalue weighted by molar-refractivity contribution is -0.137. The van der Waals surface area contributed by atoms with Crippen LogP contribution in [0, 0.1) is 18.3 Å². The molecule has 0 aliphatic carbocycles. The third-order valence-electron chi connectivity index (χ3n) is 2.94. The predicted molar refractivity (Wildman–Crippen MR) is 79.5 cm³/mol. The first-order valence-corrected chi connectivity index (χ1v) is 6.47. The van der Waals surface area contributed by atoms with Crippen LogP contribution in [0.25, 0.3) is 17.0 Å². The number of H-pyrrole nitrogens is 1. The summed E-state index contributed by atoms with van der Waals surface area (Å²) in [5.74, 6) is -0.733. The first-order valence-electron chi connectivity index (χ1n) is 6.47. The van der Waals surface area contributed by atoms with Crippen molar-refractivity contribution in [1.82, 2.24) is 4.98 Å². The molecule has 0 saturated carbocycles. The van der Waals surface area contributed by atoms with Crippen molar-refractivity contribution >= 4 is 22.9 Å². The summed E-state index contributed by atoms with van der Waals surface area (Å²) in [6.45, 7) is 3.77. The van der Waals surface area contributed by atoms with Crippen molar-refractivity contribution in [3.63, 3.8) is 0 Å². The molecule has 0 radical (unpaired) electrons. The maximum absolute atomic E-state index is 12.0. The molecule has 1 aromatic carbocycles. The van der Waals surface area contributed by atoms with Gasteiger partial charge in [-0.25, -0.2) is 4.79 Å². The molecule has 0 aliphatic rings. The van der Waals surface area contributed by atoms with Crippen LogP contribution in [0.4, 0.5) is 0 Å². The SMILES string of the molecule is CCOC(=O)/C(C#N)=C/c1cc2cc(C)ccc2[nH]c1=O. The van der Waals surface area contributed by atoms with Gasteiger partial charge in [-0.15, -0.1) is 0 Å². The van der Waals surface area contributed by atoms with E-state index in [-0.39, 0.29) is 23.3 Å². The van der Waals surface area contributed by atoms with Crippen molar-refractivity contribution in [1.29, 1.82) is 5.26 Å². The number of carbonyl (C=O) groups excluding carboxylic acids is 1. The summed E-state index contributed by atoms with van der Waals surface area (Å²) in [6, 6.07) is 9.03. The van der Waals surface area contributed by atoms with Gasteiger partial charge in [0, 0.05) is 11.1 Å². The summed E-state index contributed by atoms with van der Waals surface area (Å²) in [5.41, 5.74) is 1.45. The number of nitrogens with one attached hydrogen (secondary N) is 1. The normalized spacial score (nSPS) is 11.2. The highest BCUT2D eigenvalue weighted by Gasteiger charge is 2.11. The van der Waals surface area contributed by atoms with E-state index in [1.54, 1.807) is 19.1 Å². The monoisotopic (exact) mass is 282 g/mol. The van der Waals surface area contributed by atoms with Crippen LogP contribution in [0.3, 0.4) is 0 Å². The van der Waals surface area contributed by atoms with Gasteiger partial charge in [-0.3, -0.25) is 4.79 Å². The zero-order valence-electron chi connectivity index (χ0n) is 11.8. The summed E-state index contributed by atoms with van der Waals surface area (Å²) >= 11 is 0. The van der Waals surface area contributed by atoms with Crippen LogP contribution in [0.1, 0.15) is 18.1 Å². The highest BCUT2D eigenvalue weighted by atomic mass is 16.5. The van der Waals surface area contributed by atoms with E-state index in [2.05, 4.69) is 4.98 Å². The van der Waals surface area contributed by atoms with Crippen molar-refractivity contribution in [3.05, 3.63) is 51.3 Å². The van der Waals surface area contributed by atoms with Crippen LogP contribution in [-0.4, -0.2) is 17.6 Å². The molecule has 0 aliphatic heterocycles. The number of hydrogen-bond donors (Lipinski definition) is 1. The third kappa shape index (κ3) is 3.18. The Hall–Kier alpha value is -2.87. The van der Waals surface area contributed by atoms with E-state index >= 15 is 0 Å². The third-order valence-corrected chi connectivity index (χ3v) is 2.94. The van der Waals surface area contributed by atoms with Crippen LogP contribution in [0.15, 0.2) is 34.6 Å². The lowest BCUT2D eigenvalue weighted by atomic mass is 10.1. The van der Waals surface area contributed by atoms with Crippen molar-refractivity contribution in [2.24, 2.45) is 0 Å². The maximum Gasteiger partial charge on any atom is 0.348 e. The number of benzene rings is 1. The van der Waals surface area contributed by atoms with E-state index in [0.29, 0.717) is 5.52 Å². The van der Waals surface area contributed by atoms with Gasteiger partial charge in [0.2, 0.25) is 0 Å². The van der Waals surface area contributed by atoms with E-state index in [1.807, 2.05) is 25.1 Å². The van der Waals surface area contributed by atoms with Gasteiger partial charge in [-0.2, -0.15) is 5.26 Å². The lowest BCUT2D eigenvalue weighted by Crippen LogP contribution is -2.11. The quantitative estimate of drug-likeness (QED) is 0.532. The number of nitriles is 1. The Morgan fingerprint density at radius 2 is 2.19 bits per heavy atom. The molecule has 0 amide bonds. The Morgan fingerprint density at radius 1 is 1.43 bits per heavy atom. The topological polar surface area (TPSA) is 82.9 Å². The molecule has 0 saturated heterocycles. The molecule has 1 N–H and O–H groups in total. The second-order valence-electron chi connectivity index (χ2n) is 4.53. The molecular formula is C16H14N2O3. The van der Waals surface area contributed by atoms with E-state index in [1.165, 1.54) is 6.08 Å². The fourth-order valence-electron chi connectivity index (χ4n) is 1.95. The number of fused-ring (bicyclic) bond motifs is 1. The molecule has 0 unspecified atom stereocenters. The minimum atomic E-state index is -0.733. The Balaban J connectivity index is 2.55. The minimum Gasteiger partial charge on any atom is -0.462 e. The van der Waals surface area contributed by atoms with Crippen LogP contribution in [0.5, 0.6) is 0 Å². The number of pyridine rings is 1. The summed E-state index contributed by atoms with van der Waals surface area (Å²) in [7, 11) is 0. The second-order valence-corrected chi connectivity index (χ2v) is 4.53. The highest BCUT2D eigenvalue weighted by molar-refractivity contribution is 5.98. The van der Waals surface area contributed by atoms with Gasteiger partial charge in [0.1, 0.15) is 11.6 Å². The fraction of sp³-hybridized carbons (Fsp3) is 0.188. The number of ether oxygens (including phenoxy) is 1. The van der Waals surface area contributed by atoms with Crippen LogP contribution in [0.2, 0.25) is 0 Å². The highest BCUT2D eigenvalue weighted by Crippen LogP contribution is 2.14. The molecule has 5 heteroatoms. The number of carbonyl (C=O) groups is 1. The molecule has 0 fully saturated rings. The van der Waals surface area contributed by atoms with Crippen molar-refractivity contribution in [2.45, 2.75) is 13.8 Å². The number of aryl methyl sites for hydroxylation is 1. The lowest BCUT2D eigenvalue weighted by Gasteiger charge is -2.02. The Morgan fingerprint density at radius 3 is 2.86 bits per heavy atom. The van der Waals surface area contributed by atoms with Gasteiger partial charge in [0.15, 0.2) is 0 Å². The largest absolute Gasteiger partial charge is 0.462 e. The zero-order valence-corrected chi connectivity index (χ0v) is 11.8. The van der Waals surface area contributed by atoms with Gasteiger partial charge < -0.3 is 9.72 Å². The van der Waals surface area contributed by atoms with E-state index < -0.39 is 5.97 Å². The first-order chi connectivity index (χ1) is 10.0. The van der Waals surface area contributed by atoms with E-state index in [0.717, 1.165) is 10.9 Å². The number of hydrogen-bond acceptors (Lipinski definition) is 4. The number of esters is 1. The minimum absolute atomic E-state index is 0.172. The van der Waals surface area contributed by atoms with Gasteiger partial charge >= 0.3 is 5.97 Å². The van der Waals surface area contributed by atoms with Gasteiger partial charge in [0.25, 0.3) is 5.56 Å². The van der Waals surface area contributed by atoms with Crippen LogP contribution < -0.4 is 5.56 Å². The van der Waals surface area contributed by atoms with E-state index in [9.17, 15) is 9.59 Å². The summed E-state index contributed by atoms with van der Waals surface area (Å²) in [5, 5.41) is 9.84. The predicted octanol–water partition coefficient (Wildman–Crippen LogP) is 2.31. The fourth-order valence-corrected chi connectivity index (χ4v) is 1.95. The molecule has 5 nitrogen and oxygen atoms in total. The molecule has 1 aromatic heterocycles. The molecule has 21 heavy (non-hydrogen) atoms. The van der Waals surface area contributed by atoms with Crippen molar-refractivity contribution in [3.8, 4) is 6.07 Å². The van der Waals surface area contributed by atoms with E-state index in [4.69, 9.17) is 10.00 Å². The van der Waals surface area contributed by atoms with Crippen molar-refractivity contribution < 1.29 is 9.53 Å². The van der Waals surface area contributed by atoms with Crippen molar-refractivity contribution in [2.75, 3.05) is 6.61 Å².